The summed E-state index contributed by atoms with van der Waals surface area (Å²) in [6, 6.07) is 2.78. The highest BCUT2D eigenvalue weighted by Gasteiger charge is 2.20. The topological polar surface area (TPSA) is 42.7 Å². The Kier molecular flexibility index (Phi) is 2.94. The summed E-state index contributed by atoms with van der Waals surface area (Å²) < 4.78 is 1.98. The van der Waals surface area contributed by atoms with Crippen molar-refractivity contribution < 1.29 is 0 Å². The highest BCUT2D eigenvalue weighted by molar-refractivity contribution is 7.15. The fraction of sp³-hybridized carbons (Fsp3) is 0.500. The first-order valence-corrected chi connectivity index (χ1v) is 6.88. The molecule has 1 N–H and O–H groups in total. The molecule has 1 aliphatic carbocycles. The molecule has 2 aromatic heterocycles. The lowest BCUT2D eigenvalue weighted by Gasteiger charge is -2.00. The third-order valence-electron chi connectivity index (χ3n) is 2.93. The van der Waals surface area contributed by atoms with E-state index >= 15 is 0 Å². The highest BCUT2D eigenvalue weighted by Crippen LogP contribution is 2.26. The molecule has 0 radical (unpaired) electrons. The van der Waals surface area contributed by atoms with E-state index in [0.29, 0.717) is 0 Å². The minimum absolute atomic E-state index is 0.752. The lowest BCUT2D eigenvalue weighted by Crippen LogP contribution is -2.14. The molecule has 0 aromatic carbocycles. The number of hydrogen-bond acceptors (Lipinski definition) is 4. The van der Waals surface area contributed by atoms with E-state index in [1.165, 1.54) is 17.7 Å². The van der Waals surface area contributed by atoms with Gasteiger partial charge in [-0.2, -0.15) is 5.10 Å². The number of aryl methyl sites for hydroxylation is 1. The molecule has 1 fully saturated rings. The second-order valence-corrected chi connectivity index (χ2v) is 5.43. The molecule has 5 heteroatoms. The highest BCUT2D eigenvalue weighted by atomic mass is 32.1. The van der Waals surface area contributed by atoms with Crippen molar-refractivity contribution in [2.45, 2.75) is 38.9 Å². The van der Waals surface area contributed by atoms with Crippen LogP contribution in [-0.2, 0) is 13.1 Å². The Balaban J connectivity index is 1.74. The van der Waals surface area contributed by atoms with E-state index in [9.17, 15) is 0 Å². The van der Waals surface area contributed by atoms with Crippen LogP contribution in [0.1, 0.15) is 24.6 Å². The average Bonchev–Trinajstić information content (AvgIpc) is 2.89. The monoisotopic (exact) mass is 248 g/mol. The number of aromatic nitrogens is 3. The van der Waals surface area contributed by atoms with Crippen LogP contribution in [0.15, 0.2) is 18.5 Å². The van der Waals surface area contributed by atoms with E-state index in [4.69, 9.17) is 0 Å². The van der Waals surface area contributed by atoms with E-state index in [1.54, 1.807) is 11.3 Å². The quantitative estimate of drug-likeness (QED) is 0.882. The van der Waals surface area contributed by atoms with Crippen LogP contribution in [0.25, 0.3) is 10.7 Å². The zero-order valence-corrected chi connectivity index (χ0v) is 10.7. The molecule has 0 unspecified atom stereocenters. The summed E-state index contributed by atoms with van der Waals surface area (Å²) in [6.45, 7) is 3.93. The van der Waals surface area contributed by atoms with Crippen LogP contribution in [0.2, 0.25) is 0 Å². The number of nitrogens with zero attached hydrogens (tertiary/aromatic N) is 3. The van der Waals surface area contributed by atoms with Gasteiger partial charge in [0.05, 0.1) is 5.69 Å². The van der Waals surface area contributed by atoms with Crippen LogP contribution in [-0.4, -0.2) is 20.8 Å². The lowest BCUT2D eigenvalue weighted by molar-refractivity contribution is 0.667. The third kappa shape index (κ3) is 2.40. The number of rotatable bonds is 5. The van der Waals surface area contributed by atoms with E-state index in [1.807, 2.05) is 23.1 Å². The van der Waals surface area contributed by atoms with Gasteiger partial charge in [0.1, 0.15) is 5.01 Å². The molecular weight excluding hydrogens is 232 g/mol. The largest absolute Gasteiger partial charge is 0.309 e. The van der Waals surface area contributed by atoms with E-state index in [-0.39, 0.29) is 0 Å². The molecule has 0 aliphatic heterocycles. The number of thiazole rings is 1. The Labute approximate surface area is 105 Å². The molecule has 0 amide bonds. The molecule has 17 heavy (non-hydrogen) atoms. The molecule has 3 rings (SSSR count). The molecular formula is C12H16N4S. The van der Waals surface area contributed by atoms with Crippen molar-refractivity contribution in [3.63, 3.8) is 0 Å². The van der Waals surface area contributed by atoms with Gasteiger partial charge in [-0.05, 0) is 25.8 Å². The standard InChI is InChI=1S/C12H16N4S/c1-2-16-11(5-6-15-16)12-14-8-10(17-12)7-13-9-3-4-9/h5-6,8-9,13H,2-4,7H2,1H3. The summed E-state index contributed by atoms with van der Waals surface area (Å²) in [6.07, 6.45) is 6.47. The van der Waals surface area contributed by atoms with Crippen LogP contribution >= 0.6 is 11.3 Å². The minimum atomic E-state index is 0.752. The lowest BCUT2D eigenvalue weighted by atomic mass is 10.4. The van der Waals surface area contributed by atoms with Crippen molar-refractivity contribution in [1.29, 1.82) is 0 Å². The molecule has 90 valence electrons. The minimum Gasteiger partial charge on any atom is -0.309 e. The third-order valence-corrected chi connectivity index (χ3v) is 3.95. The van der Waals surface area contributed by atoms with E-state index < -0.39 is 0 Å². The maximum atomic E-state index is 4.48. The van der Waals surface area contributed by atoms with E-state index in [0.717, 1.165) is 29.8 Å². The summed E-state index contributed by atoms with van der Waals surface area (Å²) in [5.74, 6) is 0. The van der Waals surface area contributed by atoms with Gasteiger partial charge in [-0.15, -0.1) is 11.3 Å². The maximum absolute atomic E-state index is 4.48. The van der Waals surface area contributed by atoms with Crippen LogP contribution in [0, 0.1) is 0 Å². The molecule has 0 saturated heterocycles. The Morgan fingerprint density at radius 2 is 2.41 bits per heavy atom. The van der Waals surface area contributed by atoms with Gasteiger partial charge in [0.25, 0.3) is 0 Å². The molecule has 4 nitrogen and oxygen atoms in total. The predicted octanol–water partition coefficient (Wildman–Crippen LogP) is 2.28. The predicted molar refractivity (Wildman–Crippen MR) is 68.9 cm³/mol. The summed E-state index contributed by atoms with van der Waals surface area (Å²) in [4.78, 5) is 5.78. The normalized spacial score (nSPS) is 15.4. The summed E-state index contributed by atoms with van der Waals surface area (Å²) in [5.41, 5.74) is 1.12. The Morgan fingerprint density at radius 3 is 3.18 bits per heavy atom. The van der Waals surface area contributed by atoms with Crippen molar-refractivity contribution >= 4 is 11.3 Å². The van der Waals surface area contributed by atoms with Crippen molar-refractivity contribution in [2.24, 2.45) is 0 Å². The van der Waals surface area contributed by atoms with Gasteiger partial charge in [-0.3, -0.25) is 4.68 Å². The molecule has 2 heterocycles. The first-order valence-electron chi connectivity index (χ1n) is 6.07. The van der Waals surface area contributed by atoms with Gasteiger partial charge in [0.15, 0.2) is 0 Å². The first-order chi connectivity index (χ1) is 8.36. The molecule has 0 spiro atoms. The van der Waals surface area contributed by atoms with Crippen molar-refractivity contribution in [3.05, 3.63) is 23.3 Å². The summed E-state index contributed by atoms with van der Waals surface area (Å²) >= 11 is 1.76. The maximum Gasteiger partial charge on any atom is 0.141 e. The number of hydrogen-bond donors (Lipinski definition) is 1. The fourth-order valence-electron chi connectivity index (χ4n) is 1.81. The Hall–Kier alpha value is -1.20. The van der Waals surface area contributed by atoms with Crippen molar-refractivity contribution in [2.75, 3.05) is 0 Å². The Morgan fingerprint density at radius 1 is 1.53 bits per heavy atom. The van der Waals surface area contributed by atoms with Gasteiger partial charge in [0, 0.05) is 36.4 Å². The van der Waals surface area contributed by atoms with Crippen molar-refractivity contribution in [1.82, 2.24) is 20.1 Å². The van der Waals surface area contributed by atoms with Gasteiger partial charge in [0.2, 0.25) is 0 Å². The zero-order valence-electron chi connectivity index (χ0n) is 9.89. The molecule has 2 aromatic rings. The van der Waals surface area contributed by atoms with E-state index in [2.05, 4.69) is 22.3 Å². The molecule has 0 atom stereocenters. The Bertz CT molecular complexity index is 498. The fourth-order valence-corrected chi connectivity index (χ4v) is 2.70. The van der Waals surface area contributed by atoms with Crippen LogP contribution in [0.5, 0.6) is 0 Å². The van der Waals surface area contributed by atoms with Gasteiger partial charge in [-0.25, -0.2) is 4.98 Å². The number of nitrogens with one attached hydrogen (secondary N) is 1. The van der Waals surface area contributed by atoms with Crippen LogP contribution in [0.3, 0.4) is 0 Å². The smallest absolute Gasteiger partial charge is 0.141 e. The molecule has 1 saturated carbocycles. The van der Waals surface area contributed by atoms with Gasteiger partial charge < -0.3 is 5.32 Å². The SMILES string of the molecule is CCn1nccc1-c1ncc(CNC2CC2)s1. The second kappa shape index (κ2) is 4.58. The molecule has 1 aliphatic rings. The first kappa shape index (κ1) is 10.9. The summed E-state index contributed by atoms with van der Waals surface area (Å²) in [7, 11) is 0. The van der Waals surface area contributed by atoms with Gasteiger partial charge >= 0.3 is 0 Å². The van der Waals surface area contributed by atoms with Crippen LogP contribution in [0.4, 0.5) is 0 Å². The average molecular weight is 248 g/mol. The summed E-state index contributed by atoms with van der Waals surface area (Å²) in [5, 5.41) is 8.85. The second-order valence-electron chi connectivity index (χ2n) is 4.32. The zero-order chi connectivity index (χ0) is 11.7. The molecule has 0 bridgehead atoms. The van der Waals surface area contributed by atoms with Gasteiger partial charge in [-0.1, -0.05) is 0 Å². The van der Waals surface area contributed by atoms with Crippen LogP contribution < -0.4 is 5.32 Å². The van der Waals surface area contributed by atoms with Crippen molar-refractivity contribution in [3.8, 4) is 10.7 Å².